The van der Waals surface area contributed by atoms with E-state index in [0.717, 1.165) is 23.2 Å². The number of thioether (sulfide) groups is 1. The van der Waals surface area contributed by atoms with Gasteiger partial charge >= 0.3 is 0 Å². The third-order valence-electron chi connectivity index (χ3n) is 5.00. The number of aryl methyl sites for hydroxylation is 2. The van der Waals surface area contributed by atoms with Gasteiger partial charge in [0.05, 0.1) is 11.8 Å². The Morgan fingerprint density at radius 1 is 1.10 bits per heavy atom. The van der Waals surface area contributed by atoms with Crippen molar-refractivity contribution in [1.29, 1.82) is 0 Å². The molecule has 1 aromatic heterocycles. The van der Waals surface area contributed by atoms with Gasteiger partial charge in [0.15, 0.2) is 11.0 Å². The number of rotatable bonds is 8. The van der Waals surface area contributed by atoms with Gasteiger partial charge in [-0.15, -0.1) is 10.2 Å². The molecule has 0 spiro atoms. The first-order valence-corrected chi connectivity index (χ1v) is 11.2. The molecule has 8 heteroatoms. The highest BCUT2D eigenvalue weighted by Gasteiger charge is 2.19. The van der Waals surface area contributed by atoms with Crippen molar-refractivity contribution >= 4 is 29.3 Å². The van der Waals surface area contributed by atoms with Crippen molar-refractivity contribution in [2.75, 3.05) is 11.1 Å². The van der Waals surface area contributed by atoms with Crippen molar-refractivity contribution < 1.29 is 9.59 Å². The Morgan fingerprint density at radius 3 is 2.55 bits per heavy atom. The lowest BCUT2D eigenvalue weighted by molar-refractivity contribution is -0.113. The molecular weight excluding hydrogens is 410 g/mol. The Labute approximate surface area is 186 Å². The van der Waals surface area contributed by atoms with Crippen molar-refractivity contribution in [3.63, 3.8) is 0 Å². The molecule has 1 heterocycles. The lowest BCUT2D eigenvalue weighted by Gasteiger charge is -2.14. The van der Waals surface area contributed by atoms with E-state index in [4.69, 9.17) is 0 Å². The van der Waals surface area contributed by atoms with Crippen LogP contribution >= 0.6 is 11.8 Å². The van der Waals surface area contributed by atoms with Gasteiger partial charge in [-0.3, -0.25) is 9.59 Å². The van der Waals surface area contributed by atoms with Gasteiger partial charge in [-0.05, 0) is 43.5 Å². The highest BCUT2D eigenvalue weighted by molar-refractivity contribution is 7.99. The van der Waals surface area contributed by atoms with E-state index in [9.17, 15) is 9.59 Å². The average molecular weight is 438 g/mol. The Hall–Kier alpha value is -3.13. The molecule has 0 saturated heterocycles. The molecule has 0 aliphatic rings. The molecule has 31 heavy (non-hydrogen) atoms. The van der Waals surface area contributed by atoms with E-state index in [-0.39, 0.29) is 23.6 Å². The highest BCUT2D eigenvalue weighted by atomic mass is 32.2. The largest absolute Gasteiger partial charge is 0.342 e. The average Bonchev–Trinajstić information content (AvgIpc) is 3.13. The van der Waals surface area contributed by atoms with Gasteiger partial charge in [-0.2, -0.15) is 0 Å². The second-order valence-electron chi connectivity index (χ2n) is 7.26. The summed E-state index contributed by atoms with van der Waals surface area (Å²) in [6.45, 7) is 5.82. The van der Waals surface area contributed by atoms with Gasteiger partial charge in [-0.25, -0.2) is 0 Å². The topological polar surface area (TPSA) is 88.9 Å². The number of carbonyl (C=O) groups excluding carboxylic acids is 2. The van der Waals surface area contributed by atoms with E-state index < -0.39 is 0 Å². The number of nitrogens with zero attached hydrogens (tertiary/aromatic N) is 3. The Bertz CT molecular complexity index is 1080. The summed E-state index contributed by atoms with van der Waals surface area (Å²) in [5, 5.41) is 15.0. The summed E-state index contributed by atoms with van der Waals surface area (Å²) in [6, 6.07) is 14.9. The number of para-hydroxylation sites is 1. The fourth-order valence-electron chi connectivity index (χ4n) is 3.26. The van der Waals surface area contributed by atoms with E-state index in [1.807, 2.05) is 63.4 Å². The SMILES string of the molecule is CCc1ccccc1NC(=O)CSc1nnc([C@H](C)NC(=O)c2ccccc2C)n1C. The predicted molar refractivity (Wildman–Crippen MR) is 123 cm³/mol. The zero-order valence-corrected chi connectivity index (χ0v) is 19.0. The molecule has 0 fully saturated rings. The van der Waals surface area contributed by atoms with Crippen molar-refractivity contribution in [1.82, 2.24) is 20.1 Å². The van der Waals surface area contributed by atoms with E-state index >= 15 is 0 Å². The standard InChI is InChI=1S/C23H27N5O2S/c1-5-17-11-7-9-13-19(17)25-20(29)14-31-23-27-26-21(28(23)4)16(3)24-22(30)18-12-8-6-10-15(18)2/h6-13,16H,5,14H2,1-4H3,(H,24,30)(H,25,29)/t16-/m0/s1. The van der Waals surface area contributed by atoms with Crippen molar-refractivity contribution in [3.05, 3.63) is 71.0 Å². The van der Waals surface area contributed by atoms with Gasteiger partial charge in [0.1, 0.15) is 0 Å². The minimum Gasteiger partial charge on any atom is -0.342 e. The van der Waals surface area contributed by atoms with Crippen LogP contribution in [0.1, 0.15) is 47.2 Å². The monoisotopic (exact) mass is 437 g/mol. The van der Waals surface area contributed by atoms with Crippen molar-refractivity contribution in [2.45, 2.75) is 38.4 Å². The van der Waals surface area contributed by atoms with E-state index in [1.165, 1.54) is 11.8 Å². The summed E-state index contributed by atoms with van der Waals surface area (Å²) >= 11 is 1.31. The predicted octanol–water partition coefficient (Wildman–Crippen LogP) is 3.91. The number of hydrogen-bond acceptors (Lipinski definition) is 5. The van der Waals surface area contributed by atoms with Crippen molar-refractivity contribution in [3.8, 4) is 0 Å². The van der Waals surface area contributed by atoms with Gasteiger partial charge in [-0.1, -0.05) is 55.1 Å². The molecule has 1 atom stereocenters. The lowest BCUT2D eigenvalue weighted by Crippen LogP contribution is -2.29. The molecule has 2 aromatic carbocycles. The summed E-state index contributed by atoms with van der Waals surface area (Å²) < 4.78 is 1.81. The van der Waals surface area contributed by atoms with E-state index in [2.05, 4.69) is 27.8 Å². The maximum Gasteiger partial charge on any atom is 0.252 e. The Balaban J connectivity index is 1.60. The second-order valence-corrected chi connectivity index (χ2v) is 8.20. The molecule has 0 unspecified atom stereocenters. The van der Waals surface area contributed by atoms with Crippen LogP contribution in [0.25, 0.3) is 0 Å². The van der Waals surface area contributed by atoms with Crippen LogP contribution < -0.4 is 10.6 Å². The Kier molecular flexibility index (Phi) is 7.46. The summed E-state index contributed by atoms with van der Waals surface area (Å²) in [5.41, 5.74) is 3.48. The summed E-state index contributed by atoms with van der Waals surface area (Å²) in [7, 11) is 1.83. The normalized spacial score (nSPS) is 11.7. The smallest absolute Gasteiger partial charge is 0.252 e. The first-order valence-electron chi connectivity index (χ1n) is 10.2. The molecule has 0 radical (unpaired) electrons. The summed E-state index contributed by atoms with van der Waals surface area (Å²) in [6.07, 6.45) is 0.850. The Morgan fingerprint density at radius 2 is 1.81 bits per heavy atom. The molecule has 0 aliphatic heterocycles. The number of carbonyl (C=O) groups is 2. The van der Waals surface area contributed by atoms with Gasteiger partial charge < -0.3 is 15.2 Å². The fraction of sp³-hybridized carbons (Fsp3) is 0.304. The second kappa shape index (κ2) is 10.3. The number of amides is 2. The highest BCUT2D eigenvalue weighted by Crippen LogP contribution is 2.21. The molecule has 2 N–H and O–H groups in total. The third kappa shape index (κ3) is 5.52. The van der Waals surface area contributed by atoms with E-state index in [0.29, 0.717) is 16.5 Å². The first kappa shape index (κ1) is 22.6. The van der Waals surface area contributed by atoms with Gasteiger partial charge in [0, 0.05) is 18.3 Å². The van der Waals surface area contributed by atoms with E-state index in [1.54, 1.807) is 10.6 Å². The number of aromatic nitrogens is 3. The molecule has 2 amide bonds. The molecule has 7 nitrogen and oxygen atoms in total. The molecule has 3 aromatic rings. The van der Waals surface area contributed by atoms with Crippen LogP contribution in [0.3, 0.4) is 0 Å². The van der Waals surface area contributed by atoms with Gasteiger partial charge in [0.25, 0.3) is 5.91 Å². The minimum atomic E-state index is -0.329. The van der Waals surface area contributed by atoms with Crippen LogP contribution in [0, 0.1) is 6.92 Å². The molecule has 0 saturated carbocycles. The van der Waals surface area contributed by atoms with Crippen LogP contribution in [0.4, 0.5) is 5.69 Å². The zero-order chi connectivity index (χ0) is 22.4. The zero-order valence-electron chi connectivity index (χ0n) is 18.2. The maximum absolute atomic E-state index is 12.6. The first-order chi connectivity index (χ1) is 14.9. The molecule has 0 aliphatic carbocycles. The number of anilines is 1. The van der Waals surface area contributed by atoms with Crippen LogP contribution in [-0.2, 0) is 18.3 Å². The third-order valence-corrected chi connectivity index (χ3v) is 6.02. The number of hydrogen-bond donors (Lipinski definition) is 2. The minimum absolute atomic E-state index is 0.101. The number of nitrogens with one attached hydrogen (secondary N) is 2. The molecular formula is C23H27N5O2S. The maximum atomic E-state index is 12.6. The quantitative estimate of drug-likeness (QED) is 0.522. The van der Waals surface area contributed by atoms with Crippen LogP contribution in [-0.4, -0.2) is 32.3 Å². The lowest BCUT2D eigenvalue weighted by atomic mass is 10.1. The van der Waals surface area contributed by atoms with Crippen LogP contribution in [0.2, 0.25) is 0 Å². The fourth-order valence-corrected chi connectivity index (χ4v) is 3.98. The molecule has 3 rings (SSSR count). The summed E-state index contributed by atoms with van der Waals surface area (Å²) in [5.74, 6) is 0.586. The van der Waals surface area contributed by atoms with Crippen LogP contribution in [0.15, 0.2) is 53.7 Å². The summed E-state index contributed by atoms with van der Waals surface area (Å²) in [4.78, 5) is 25.0. The van der Waals surface area contributed by atoms with Crippen LogP contribution in [0.5, 0.6) is 0 Å². The number of benzene rings is 2. The molecule has 162 valence electrons. The molecule has 0 bridgehead atoms. The van der Waals surface area contributed by atoms with Crippen molar-refractivity contribution in [2.24, 2.45) is 7.05 Å². The van der Waals surface area contributed by atoms with Gasteiger partial charge in [0.2, 0.25) is 5.91 Å².